The summed E-state index contributed by atoms with van der Waals surface area (Å²) in [4.78, 5) is 11.4. The Morgan fingerprint density at radius 2 is 1.92 bits per heavy atom. The molecule has 0 atom stereocenters. The van der Waals surface area contributed by atoms with Gasteiger partial charge in [-0.05, 0) is 56.0 Å². The quantitative estimate of drug-likeness (QED) is 0.735. The van der Waals surface area contributed by atoms with Crippen molar-refractivity contribution in [2.75, 3.05) is 25.0 Å². The minimum atomic E-state index is -3.59. The predicted octanol–water partition coefficient (Wildman–Crippen LogP) is 2.04. The van der Waals surface area contributed by atoms with Crippen LogP contribution in [-0.4, -0.2) is 34.0 Å². The summed E-state index contributed by atoms with van der Waals surface area (Å²) in [6.45, 7) is 7.57. The number of hydrogen-bond acceptors (Lipinski definition) is 4. The van der Waals surface area contributed by atoms with Gasteiger partial charge in [0.2, 0.25) is 15.9 Å². The monoisotopic (exact) mass is 375 g/mol. The van der Waals surface area contributed by atoms with Crippen molar-refractivity contribution in [3.63, 3.8) is 0 Å². The second kappa shape index (κ2) is 8.29. The second-order valence-corrected chi connectivity index (χ2v) is 8.31. The van der Waals surface area contributed by atoms with Crippen LogP contribution in [0.5, 0.6) is 0 Å². The Hall–Kier alpha value is -1.15. The van der Waals surface area contributed by atoms with Gasteiger partial charge in [0.1, 0.15) is 0 Å². The van der Waals surface area contributed by atoms with Crippen molar-refractivity contribution < 1.29 is 13.2 Å². The Kier molecular flexibility index (Phi) is 7.22. The number of carbonyl (C=O) groups excluding carboxylic acids is 1. The lowest BCUT2D eigenvalue weighted by molar-refractivity contribution is -0.114. The van der Waals surface area contributed by atoms with E-state index in [1.807, 2.05) is 6.92 Å². The molecule has 8 heteroatoms. The van der Waals surface area contributed by atoms with Crippen molar-refractivity contribution in [2.24, 2.45) is 5.41 Å². The molecule has 2 rings (SSSR count). The topological polar surface area (TPSA) is 87.3 Å². The van der Waals surface area contributed by atoms with E-state index in [-0.39, 0.29) is 28.6 Å². The largest absolute Gasteiger partial charge is 0.326 e. The van der Waals surface area contributed by atoms with Crippen LogP contribution in [0.3, 0.4) is 0 Å². The van der Waals surface area contributed by atoms with E-state index in [0.29, 0.717) is 12.2 Å². The highest BCUT2D eigenvalue weighted by molar-refractivity contribution is 7.89. The standard InChI is InChI=1S/C16H25N3O3S.ClH/c1-12-4-5-14(10-15(12)19-13(2)20)23(21,22)18-11-16(3)6-8-17-9-7-16;/h4-5,10,17-18H,6-9,11H2,1-3H3,(H,19,20);1H. The number of carbonyl (C=O) groups is 1. The molecule has 0 aliphatic carbocycles. The molecule has 0 saturated carbocycles. The maximum absolute atomic E-state index is 12.5. The first-order valence-corrected chi connectivity index (χ1v) is 9.29. The minimum absolute atomic E-state index is 0. The molecule has 0 unspecified atom stereocenters. The third-order valence-corrected chi connectivity index (χ3v) is 5.73. The van der Waals surface area contributed by atoms with Gasteiger partial charge in [-0.1, -0.05) is 13.0 Å². The fourth-order valence-corrected chi connectivity index (χ4v) is 3.88. The van der Waals surface area contributed by atoms with E-state index in [2.05, 4.69) is 22.3 Å². The van der Waals surface area contributed by atoms with E-state index >= 15 is 0 Å². The van der Waals surface area contributed by atoms with E-state index in [4.69, 9.17) is 0 Å². The second-order valence-electron chi connectivity index (χ2n) is 6.54. The summed E-state index contributed by atoms with van der Waals surface area (Å²) < 4.78 is 27.8. The molecule has 136 valence electrons. The van der Waals surface area contributed by atoms with Gasteiger partial charge in [-0.3, -0.25) is 4.79 Å². The van der Waals surface area contributed by atoms with Crippen molar-refractivity contribution in [3.05, 3.63) is 23.8 Å². The van der Waals surface area contributed by atoms with Crippen molar-refractivity contribution >= 4 is 34.0 Å². The number of nitrogens with one attached hydrogen (secondary N) is 3. The van der Waals surface area contributed by atoms with Crippen LogP contribution in [0, 0.1) is 12.3 Å². The molecule has 1 saturated heterocycles. The SMILES string of the molecule is CC(=O)Nc1cc(S(=O)(=O)NCC2(C)CCNCC2)ccc1C.Cl. The van der Waals surface area contributed by atoms with Crippen LogP contribution in [-0.2, 0) is 14.8 Å². The molecule has 3 N–H and O–H groups in total. The number of halogens is 1. The normalized spacial score (nSPS) is 17.0. The Balaban J connectivity index is 0.00000288. The van der Waals surface area contributed by atoms with Gasteiger partial charge in [0, 0.05) is 19.2 Å². The number of amides is 1. The first-order valence-electron chi connectivity index (χ1n) is 7.81. The molecular formula is C16H26ClN3O3S. The molecule has 24 heavy (non-hydrogen) atoms. The van der Waals surface area contributed by atoms with Gasteiger partial charge < -0.3 is 10.6 Å². The summed E-state index contributed by atoms with van der Waals surface area (Å²) in [7, 11) is -3.59. The number of piperidine rings is 1. The molecule has 0 radical (unpaired) electrons. The Labute approximate surface area is 150 Å². The van der Waals surface area contributed by atoms with Gasteiger partial charge in [-0.25, -0.2) is 13.1 Å². The van der Waals surface area contributed by atoms with Crippen LogP contribution >= 0.6 is 12.4 Å². The average Bonchev–Trinajstić information content (AvgIpc) is 2.48. The van der Waals surface area contributed by atoms with Gasteiger partial charge in [-0.2, -0.15) is 0 Å². The highest BCUT2D eigenvalue weighted by atomic mass is 35.5. The minimum Gasteiger partial charge on any atom is -0.326 e. The fourth-order valence-electron chi connectivity index (χ4n) is 2.65. The lowest BCUT2D eigenvalue weighted by atomic mass is 9.81. The molecule has 1 aromatic carbocycles. The number of aryl methyl sites for hydroxylation is 1. The van der Waals surface area contributed by atoms with Gasteiger partial charge in [-0.15, -0.1) is 12.4 Å². The molecule has 6 nitrogen and oxygen atoms in total. The predicted molar refractivity (Wildman–Crippen MR) is 98.1 cm³/mol. The molecule has 0 bridgehead atoms. The number of rotatable bonds is 5. The lowest BCUT2D eigenvalue weighted by Crippen LogP contribution is -2.42. The number of sulfonamides is 1. The van der Waals surface area contributed by atoms with Gasteiger partial charge in [0.05, 0.1) is 4.90 Å². The lowest BCUT2D eigenvalue weighted by Gasteiger charge is -2.34. The first-order chi connectivity index (χ1) is 10.7. The summed E-state index contributed by atoms with van der Waals surface area (Å²) >= 11 is 0. The van der Waals surface area contributed by atoms with Gasteiger partial charge >= 0.3 is 0 Å². The van der Waals surface area contributed by atoms with E-state index in [9.17, 15) is 13.2 Å². The van der Waals surface area contributed by atoms with Crippen molar-refractivity contribution in [3.8, 4) is 0 Å². The van der Waals surface area contributed by atoms with E-state index in [1.54, 1.807) is 12.1 Å². The van der Waals surface area contributed by atoms with Crippen LogP contribution in [0.15, 0.2) is 23.1 Å². The Morgan fingerprint density at radius 3 is 2.50 bits per heavy atom. The zero-order chi connectivity index (χ0) is 17.1. The molecule has 1 aliphatic rings. The van der Waals surface area contributed by atoms with Crippen molar-refractivity contribution in [1.82, 2.24) is 10.0 Å². The highest BCUT2D eigenvalue weighted by Crippen LogP contribution is 2.28. The molecule has 1 aliphatic heterocycles. The van der Waals surface area contributed by atoms with E-state index < -0.39 is 10.0 Å². The number of benzene rings is 1. The van der Waals surface area contributed by atoms with Crippen LogP contribution < -0.4 is 15.4 Å². The van der Waals surface area contributed by atoms with Crippen molar-refractivity contribution in [2.45, 2.75) is 38.5 Å². The van der Waals surface area contributed by atoms with Crippen LogP contribution in [0.2, 0.25) is 0 Å². The summed E-state index contributed by atoms with van der Waals surface area (Å²) in [5.74, 6) is -0.224. The molecule has 1 aromatic rings. The molecular weight excluding hydrogens is 350 g/mol. The van der Waals surface area contributed by atoms with Crippen LogP contribution in [0.25, 0.3) is 0 Å². The van der Waals surface area contributed by atoms with Crippen LogP contribution in [0.1, 0.15) is 32.3 Å². The average molecular weight is 376 g/mol. The Bertz CT molecular complexity index is 686. The summed E-state index contributed by atoms with van der Waals surface area (Å²) in [6.07, 6.45) is 1.89. The highest BCUT2D eigenvalue weighted by Gasteiger charge is 2.28. The molecule has 0 aromatic heterocycles. The third kappa shape index (κ3) is 5.44. The smallest absolute Gasteiger partial charge is 0.240 e. The molecule has 1 fully saturated rings. The maximum atomic E-state index is 12.5. The summed E-state index contributed by atoms with van der Waals surface area (Å²) in [6, 6.07) is 4.77. The third-order valence-electron chi connectivity index (χ3n) is 4.33. The first kappa shape index (κ1) is 20.9. The zero-order valence-corrected chi connectivity index (χ0v) is 15.9. The fraction of sp³-hybridized carbons (Fsp3) is 0.562. The summed E-state index contributed by atoms with van der Waals surface area (Å²) in [5, 5.41) is 5.94. The Morgan fingerprint density at radius 1 is 1.29 bits per heavy atom. The van der Waals surface area contributed by atoms with Gasteiger partial charge in [0.25, 0.3) is 0 Å². The van der Waals surface area contributed by atoms with Crippen molar-refractivity contribution in [1.29, 1.82) is 0 Å². The maximum Gasteiger partial charge on any atom is 0.240 e. The van der Waals surface area contributed by atoms with E-state index in [1.165, 1.54) is 13.0 Å². The van der Waals surface area contributed by atoms with Crippen LogP contribution in [0.4, 0.5) is 5.69 Å². The molecule has 0 spiro atoms. The number of hydrogen-bond donors (Lipinski definition) is 3. The number of anilines is 1. The molecule has 1 heterocycles. The zero-order valence-electron chi connectivity index (χ0n) is 14.3. The summed E-state index contributed by atoms with van der Waals surface area (Å²) in [5.41, 5.74) is 1.32. The van der Waals surface area contributed by atoms with Gasteiger partial charge in [0.15, 0.2) is 0 Å². The van der Waals surface area contributed by atoms with E-state index in [0.717, 1.165) is 31.5 Å². The molecule has 1 amide bonds.